The van der Waals surface area contributed by atoms with E-state index in [-0.39, 0.29) is 0 Å². The SMILES string of the molecule is CNc1cc2c(c(CC(C)C)n1)CCCC2. The number of pyridine rings is 1. The summed E-state index contributed by atoms with van der Waals surface area (Å²) >= 11 is 0. The molecular formula is C14H22N2. The molecule has 0 bridgehead atoms. The topological polar surface area (TPSA) is 24.9 Å². The van der Waals surface area contributed by atoms with Crippen molar-refractivity contribution in [3.8, 4) is 0 Å². The van der Waals surface area contributed by atoms with Gasteiger partial charge in [-0.25, -0.2) is 4.98 Å². The minimum absolute atomic E-state index is 0.686. The van der Waals surface area contributed by atoms with E-state index in [1.54, 1.807) is 5.56 Å². The van der Waals surface area contributed by atoms with Crippen molar-refractivity contribution in [1.29, 1.82) is 0 Å². The summed E-state index contributed by atoms with van der Waals surface area (Å²) in [6, 6.07) is 2.23. The molecule has 2 heteroatoms. The van der Waals surface area contributed by atoms with Crippen molar-refractivity contribution < 1.29 is 0 Å². The van der Waals surface area contributed by atoms with Gasteiger partial charge < -0.3 is 5.32 Å². The van der Waals surface area contributed by atoms with Gasteiger partial charge in [-0.1, -0.05) is 13.8 Å². The summed E-state index contributed by atoms with van der Waals surface area (Å²) in [6.45, 7) is 4.53. The van der Waals surface area contributed by atoms with Crippen molar-refractivity contribution >= 4 is 5.82 Å². The highest BCUT2D eigenvalue weighted by molar-refractivity contribution is 5.45. The number of hydrogen-bond acceptors (Lipinski definition) is 2. The molecule has 0 saturated heterocycles. The summed E-state index contributed by atoms with van der Waals surface area (Å²) in [5, 5.41) is 3.18. The first-order valence-corrected chi connectivity index (χ1v) is 6.40. The molecule has 1 aromatic rings. The number of nitrogens with one attached hydrogen (secondary N) is 1. The van der Waals surface area contributed by atoms with E-state index in [4.69, 9.17) is 4.98 Å². The molecule has 0 aromatic carbocycles. The Morgan fingerprint density at radius 1 is 1.31 bits per heavy atom. The summed E-state index contributed by atoms with van der Waals surface area (Å²) in [7, 11) is 1.96. The van der Waals surface area contributed by atoms with E-state index in [1.807, 2.05) is 7.05 Å². The van der Waals surface area contributed by atoms with Crippen LogP contribution in [0.1, 0.15) is 43.5 Å². The molecule has 0 amide bonds. The van der Waals surface area contributed by atoms with E-state index in [0.717, 1.165) is 12.2 Å². The van der Waals surface area contributed by atoms with Gasteiger partial charge in [-0.15, -0.1) is 0 Å². The summed E-state index contributed by atoms with van der Waals surface area (Å²) in [4.78, 5) is 4.73. The van der Waals surface area contributed by atoms with Crippen LogP contribution in [-0.4, -0.2) is 12.0 Å². The molecule has 0 atom stereocenters. The quantitative estimate of drug-likeness (QED) is 0.842. The van der Waals surface area contributed by atoms with Gasteiger partial charge in [-0.3, -0.25) is 0 Å². The number of anilines is 1. The fraction of sp³-hybridized carbons (Fsp3) is 0.643. The maximum absolute atomic E-state index is 4.73. The summed E-state index contributed by atoms with van der Waals surface area (Å²) in [5.41, 5.74) is 4.40. The number of hydrogen-bond donors (Lipinski definition) is 1. The third-order valence-electron chi connectivity index (χ3n) is 3.28. The van der Waals surface area contributed by atoms with Crippen molar-refractivity contribution in [2.75, 3.05) is 12.4 Å². The lowest BCUT2D eigenvalue weighted by Gasteiger charge is -2.21. The lowest BCUT2D eigenvalue weighted by Crippen LogP contribution is -2.12. The van der Waals surface area contributed by atoms with Crippen LogP contribution < -0.4 is 5.32 Å². The molecule has 0 radical (unpaired) electrons. The first kappa shape index (κ1) is 11.4. The Kier molecular flexibility index (Phi) is 3.47. The second-order valence-corrected chi connectivity index (χ2v) is 5.15. The van der Waals surface area contributed by atoms with E-state index in [0.29, 0.717) is 5.92 Å². The number of aryl methyl sites for hydroxylation is 1. The second kappa shape index (κ2) is 4.86. The van der Waals surface area contributed by atoms with E-state index in [9.17, 15) is 0 Å². The average molecular weight is 218 g/mol. The third-order valence-corrected chi connectivity index (χ3v) is 3.28. The number of nitrogens with zero attached hydrogens (tertiary/aromatic N) is 1. The molecule has 1 aromatic heterocycles. The van der Waals surface area contributed by atoms with Crippen molar-refractivity contribution in [3.05, 3.63) is 22.9 Å². The zero-order valence-corrected chi connectivity index (χ0v) is 10.6. The maximum Gasteiger partial charge on any atom is 0.126 e. The van der Waals surface area contributed by atoms with E-state index in [2.05, 4.69) is 25.2 Å². The van der Waals surface area contributed by atoms with Crippen LogP contribution in [0.15, 0.2) is 6.07 Å². The lowest BCUT2D eigenvalue weighted by molar-refractivity contribution is 0.612. The zero-order chi connectivity index (χ0) is 11.5. The van der Waals surface area contributed by atoms with Gasteiger partial charge in [0.1, 0.15) is 5.82 Å². The predicted molar refractivity (Wildman–Crippen MR) is 69.0 cm³/mol. The van der Waals surface area contributed by atoms with Gasteiger partial charge in [0.2, 0.25) is 0 Å². The molecule has 0 unspecified atom stereocenters. The molecule has 1 aliphatic rings. The van der Waals surface area contributed by atoms with Crippen LogP contribution in [-0.2, 0) is 19.3 Å². The van der Waals surface area contributed by atoms with Gasteiger partial charge in [0.15, 0.2) is 0 Å². The molecular weight excluding hydrogens is 196 g/mol. The Morgan fingerprint density at radius 3 is 2.75 bits per heavy atom. The van der Waals surface area contributed by atoms with Crippen LogP contribution in [0.5, 0.6) is 0 Å². The molecule has 1 N–H and O–H groups in total. The largest absolute Gasteiger partial charge is 0.373 e. The van der Waals surface area contributed by atoms with Gasteiger partial charge >= 0.3 is 0 Å². The normalized spacial score (nSPS) is 15.0. The predicted octanol–water partition coefficient (Wildman–Crippen LogP) is 3.20. The van der Waals surface area contributed by atoms with Gasteiger partial charge in [-0.2, -0.15) is 0 Å². The first-order chi connectivity index (χ1) is 7.70. The van der Waals surface area contributed by atoms with E-state index in [1.165, 1.54) is 36.9 Å². The summed E-state index contributed by atoms with van der Waals surface area (Å²) < 4.78 is 0. The smallest absolute Gasteiger partial charge is 0.126 e. The van der Waals surface area contributed by atoms with Gasteiger partial charge in [0, 0.05) is 12.7 Å². The highest BCUT2D eigenvalue weighted by atomic mass is 15.0. The van der Waals surface area contributed by atoms with Crippen LogP contribution in [0.3, 0.4) is 0 Å². The average Bonchev–Trinajstić information content (AvgIpc) is 2.28. The molecule has 0 aliphatic heterocycles. The van der Waals surface area contributed by atoms with Crippen molar-refractivity contribution in [2.24, 2.45) is 5.92 Å². The molecule has 0 fully saturated rings. The van der Waals surface area contributed by atoms with Crippen LogP contribution in [0.25, 0.3) is 0 Å². The first-order valence-electron chi connectivity index (χ1n) is 6.40. The van der Waals surface area contributed by atoms with Gasteiger partial charge in [-0.05, 0) is 55.2 Å². The van der Waals surface area contributed by atoms with Gasteiger partial charge in [0.05, 0.1) is 0 Å². The minimum atomic E-state index is 0.686. The van der Waals surface area contributed by atoms with Crippen LogP contribution in [0.4, 0.5) is 5.82 Å². The molecule has 1 heterocycles. The maximum atomic E-state index is 4.73. The highest BCUT2D eigenvalue weighted by Crippen LogP contribution is 2.27. The fourth-order valence-corrected chi connectivity index (χ4v) is 2.51. The third kappa shape index (κ3) is 2.37. The Labute approximate surface area is 98.5 Å². The molecule has 0 spiro atoms. The molecule has 0 saturated carbocycles. The van der Waals surface area contributed by atoms with Crippen LogP contribution in [0, 0.1) is 5.92 Å². The van der Waals surface area contributed by atoms with Gasteiger partial charge in [0.25, 0.3) is 0 Å². The Bertz CT molecular complexity index is 369. The monoisotopic (exact) mass is 218 g/mol. The zero-order valence-electron chi connectivity index (χ0n) is 10.6. The standard InChI is InChI=1S/C14H22N2/c1-10(2)8-13-12-7-5-4-6-11(12)9-14(15-3)16-13/h9-10H,4-8H2,1-3H3,(H,15,16). The number of fused-ring (bicyclic) bond motifs is 1. The molecule has 1 aliphatic carbocycles. The lowest BCUT2D eigenvalue weighted by atomic mass is 9.88. The van der Waals surface area contributed by atoms with E-state index >= 15 is 0 Å². The van der Waals surface area contributed by atoms with Crippen LogP contribution in [0.2, 0.25) is 0 Å². The molecule has 2 rings (SSSR count). The van der Waals surface area contributed by atoms with Crippen molar-refractivity contribution in [2.45, 2.75) is 46.0 Å². The van der Waals surface area contributed by atoms with Crippen molar-refractivity contribution in [1.82, 2.24) is 4.98 Å². The number of aromatic nitrogens is 1. The van der Waals surface area contributed by atoms with Crippen molar-refractivity contribution in [3.63, 3.8) is 0 Å². The minimum Gasteiger partial charge on any atom is -0.373 e. The number of rotatable bonds is 3. The fourth-order valence-electron chi connectivity index (χ4n) is 2.51. The van der Waals surface area contributed by atoms with Crippen LogP contribution >= 0.6 is 0 Å². The molecule has 16 heavy (non-hydrogen) atoms. The summed E-state index contributed by atoms with van der Waals surface area (Å²) in [5.74, 6) is 1.72. The Hall–Kier alpha value is -1.05. The molecule has 2 nitrogen and oxygen atoms in total. The second-order valence-electron chi connectivity index (χ2n) is 5.15. The van der Waals surface area contributed by atoms with E-state index < -0.39 is 0 Å². The Balaban J connectivity index is 2.39. The Morgan fingerprint density at radius 2 is 2.06 bits per heavy atom. The molecule has 88 valence electrons. The summed E-state index contributed by atoms with van der Waals surface area (Å²) in [6.07, 6.45) is 6.24. The highest BCUT2D eigenvalue weighted by Gasteiger charge is 2.16.